The van der Waals surface area contributed by atoms with Crippen LogP contribution in [0.5, 0.6) is 0 Å². The molecule has 8 heteroatoms. The second-order valence-corrected chi connectivity index (χ2v) is 8.32. The summed E-state index contributed by atoms with van der Waals surface area (Å²) in [6.07, 6.45) is 2.77. The number of hydrogen-bond acceptors (Lipinski definition) is 7. The van der Waals surface area contributed by atoms with Crippen LogP contribution >= 0.6 is 23.4 Å². The van der Waals surface area contributed by atoms with Crippen molar-refractivity contribution in [2.45, 2.75) is 38.9 Å². The summed E-state index contributed by atoms with van der Waals surface area (Å²) in [7, 11) is 0. The van der Waals surface area contributed by atoms with Gasteiger partial charge in [0.15, 0.2) is 0 Å². The Bertz CT molecular complexity index is 857. The summed E-state index contributed by atoms with van der Waals surface area (Å²) >= 11 is 8.25. The number of halogens is 1. The zero-order chi connectivity index (χ0) is 20.6. The summed E-state index contributed by atoms with van der Waals surface area (Å²) in [5.41, 5.74) is 2.91. The number of hydrogen-bond donors (Lipinski definition) is 3. The highest BCUT2D eigenvalue weighted by atomic mass is 35.5. The molecule has 3 N–H and O–H groups in total. The van der Waals surface area contributed by atoms with Crippen molar-refractivity contribution in [3.05, 3.63) is 40.5 Å². The summed E-state index contributed by atoms with van der Waals surface area (Å²) < 4.78 is 0. The minimum atomic E-state index is 0.193. The van der Waals surface area contributed by atoms with Gasteiger partial charge < -0.3 is 15.7 Å². The van der Waals surface area contributed by atoms with Gasteiger partial charge in [0.05, 0.1) is 11.3 Å². The van der Waals surface area contributed by atoms with Crippen molar-refractivity contribution in [1.82, 2.24) is 9.97 Å². The van der Waals surface area contributed by atoms with Gasteiger partial charge in [0.2, 0.25) is 5.95 Å². The molecule has 1 aromatic carbocycles. The molecule has 0 radical (unpaired) electrons. The quantitative estimate of drug-likeness (QED) is 0.452. The maximum Gasteiger partial charge on any atom is 0.226 e. The largest absolute Gasteiger partial charge is 0.396 e. The van der Waals surface area contributed by atoms with Crippen molar-refractivity contribution >= 4 is 45.9 Å². The molecule has 29 heavy (non-hydrogen) atoms. The number of anilines is 2. The van der Waals surface area contributed by atoms with Crippen LogP contribution in [-0.4, -0.2) is 39.8 Å². The van der Waals surface area contributed by atoms with Crippen LogP contribution in [0.1, 0.15) is 44.2 Å². The molecule has 156 valence electrons. The van der Waals surface area contributed by atoms with Gasteiger partial charge in [-0.15, -0.1) is 11.8 Å². The number of nitrogens with one attached hydrogen (secondary N) is 2. The first-order chi connectivity index (χ1) is 14.2. The van der Waals surface area contributed by atoms with Crippen molar-refractivity contribution < 1.29 is 5.11 Å². The number of fused-ring (bicyclic) bond motifs is 1. The lowest BCUT2D eigenvalue weighted by atomic mass is 10.0. The van der Waals surface area contributed by atoms with E-state index in [1.54, 1.807) is 11.8 Å². The highest BCUT2D eigenvalue weighted by molar-refractivity contribution is 8.13. The van der Waals surface area contributed by atoms with Crippen LogP contribution in [0.25, 0.3) is 0 Å². The van der Waals surface area contributed by atoms with Crippen molar-refractivity contribution in [1.29, 1.82) is 0 Å². The highest BCUT2D eigenvalue weighted by Crippen LogP contribution is 2.37. The minimum Gasteiger partial charge on any atom is -0.396 e. The molecule has 0 saturated heterocycles. The van der Waals surface area contributed by atoms with E-state index in [1.165, 1.54) is 5.56 Å². The van der Waals surface area contributed by atoms with Gasteiger partial charge in [0.1, 0.15) is 16.0 Å². The van der Waals surface area contributed by atoms with Gasteiger partial charge in [-0.25, -0.2) is 9.98 Å². The second kappa shape index (κ2) is 10.8. The van der Waals surface area contributed by atoms with Crippen LogP contribution in [0.2, 0.25) is 5.15 Å². The Labute approximate surface area is 181 Å². The normalized spacial score (nSPS) is 14.1. The van der Waals surface area contributed by atoms with Gasteiger partial charge in [-0.1, -0.05) is 50.1 Å². The molecule has 0 aliphatic carbocycles. The molecular weight excluding hydrogens is 406 g/mol. The highest BCUT2D eigenvalue weighted by Gasteiger charge is 2.22. The monoisotopic (exact) mass is 433 g/mol. The van der Waals surface area contributed by atoms with E-state index in [-0.39, 0.29) is 12.5 Å². The molecule has 2 aromatic rings. The van der Waals surface area contributed by atoms with Gasteiger partial charge in [-0.2, -0.15) is 4.98 Å². The fraction of sp³-hybridized carbons (Fsp3) is 0.476. The van der Waals surface area contributed by atoms with Crippen LogP contribution in [0.3, 0.4) is 0 Å². The molecule has 1 aromatic heterocycles. The van der Waals surface area contributed by atoms with Crippen molar-refractivity contribution in [2.24, 2.45) is 10.9 Å². The smallest absolute Gasteiger partial charge is 0.226 e. The topological polar surface area (TPSA) is 82.4 Å². The third-order valence-corrected chi connectivity index (χ3v) is 6.17. The zero-order valence-electron chi connectivity index (χ0n) is 16.9. The summed E-state index contributed by atoms with van der Waals surface area (Å²) in [4.78, 5) is 13.9. The van der Waals surface area contributed by atoms with E-state index < -0.39 is 0 Å². The van der Waals surface area contributed by atoms with Crippen LogP contribution < -0.4 is 10.6 Å². The first-order valence-corrected chi connectivity index (χ1v) is 11.5. The lowest BCUT2D eigenvalue weighted by Crippen LogP contribution is -2.17. The van der Waals surface area contributed by atoms with Crippen LogP contribution in [0, 0.1) is 5.92 Å². The summed E-state index contributed by atoms with van der Waals surface area (Å²) in [6, 6.07) is 8.13. The lowest BCUT2D eigenvalue weighted by molar-refractivity contribution is 0.217. The Morgan fingerprint density at radius 2 is 2.00 bits per heavy atom. The average Bonchev–Trinajstić information content (AvgIpc) is 2.75. The van der Waals surface area contributed by atoms with Crippen LogP contribution in [-0.2, 0) is 5.75 Å². The summed E-state index contributed by atoms with van der Waals surface area (Å²) in [5.74, 6) is 2.30. The number of aliphatic hydroxyl groups is 1. The number of aliphatic imine (C=N–C) groups is 1. The first kappa shape index (κ1) is 21.9. The predicted molar refractivity (Wildman–Crippen MR) is 124 cm³/mol. The number of benzene rings is 1. The number of aliphatic hydroxyl groups excluding tert-OH is 1. The average molecular weight is 434 g/mol. The molecule has 0 spiro atoms. The van der Waals surface area contributed by atoms with Gasteiger partial charge in [-0.05, 0) is 30.4 Å². The number of para-hydroxylation sites is 1. The third kappa shape index (κ3) is 5.62. The molecule has 1 unspecified atom stereocenters. The summed E-state index contributed by atoms with van der Waals surface area (Å²) in [5, 5.41) is 17.3. The molecule has 2 heterocycles. The Morgan fingerprint density at radius 3 is 2.76 bits per heavy atom. The molecule has 1 aliphatic rings. The molecule has 3 rings (SSSR count). The van der Waals surface area contributed by atoms with Crippen molar-refractivity contribution in [3.63, 3.8) is 0 Å². The minimum absolute atomic E-state index is 0.193. The van der Waals surface area contributed by atoms with Crippen molar-refractivity contribution in [3.8, 4) is 0 Å². The molecule has 0 bridgehead atoms. The van der Waals surface area contributed by atoms with E-state index in [2.05, 4.69) is 40.5 Å². The lowest BCUT2D eigenvalue weighted by Gasteiger charge is -2.19. The number of nitrogens with zero attached hydrogens (tertiary/aromatic N) is 3. The van der Waals surface area contributed by atoms with Crippen molar-refractivity contribution in [2.75, 3.05) is 30.3 Å². The fourth-order valence-corrected chi connectivity index (χ4v) is 4.40. The zero-order valence-corrected chi connectivity index (χ0v) is 18.5. The van der Waals surface area contributed by atoms with Gasteiger partial charge in [0, 0.05) is 25.4 Å². The number of rotatable bonds is 10. The third-order valence-electron chi connectivity index (χ3n) is 4.87. The van der Waals surface area contributed by atoms with Gasteiger partial charge in [-0.3, -0.25) is 0 Å². The van der Waals surface area contributed by atoms with E-state index in [1.807, 2.05) is 18.2 Å². The van der Waals surface area contributed by atoms with Crippen LogP contribution in [0.4, 0.5) is 17.5 Å². The SMILES string of the molecule is CCCNc1nc(Cl)c(C2=Nc3ccccc3CS2)c(NCCC(CC)CO)n1. The molecule has 0 fully saturated rings. The Balaban J connectivity index is 1.91. The maximum absolute atomic E-state index is 9.45. The maximum atomic E-state index is 9.45. The molecule has 1 atom stereocenters. The molecule has 1 aliphatic heterocycles. The fourth-order valence-electron chi connectivity index (χ4n) is 3.04. The predicted octanol–water partition coefficient (Wildman–Crippen LogP) is 5.10. The van der Waals surface area contributed by atoms with E-state index in [9.17, 15) is 5.11 Å². The Morgan fingerprint density at radius 1 is 1.17 bits per heavy atom. The van der Waals surface area contributed by atoms with E-state index >= 15 is 0 Å². The van der Waals surface area contributed by atoms with Gasteiger partial charge in [0.25, 0.3) is 0 Å². The number of aromatic nitrogens is 2. The summed E-state index contributed by atoms with van der Waals surface area (Å²) in [6.45, 7) is 5.85. The standard InChI is InChI=1S/C21H28ClN5OS/c1-3-10-24-21-26-18(22)17(19(27-21)23-11-9-14(4-2)12-28)20-25-16-8-6-5-7-15(16)13-29-20/h5-8,14,28H,3-4,9-13H2,1-2H3,(H2,23,24,26,27). The van der Waals surface area contributed by atoms with E-state index in [0.717, 1.165) is 47.9 Å². The molecule has 6 nitrogen and oxygen atoms in total. The Kier molecular flexibility index (Phi) is 8.15. The van der Waals surface area contributed by atoms with Gasteiger partial charge >= 0.3 is 0 Å². The second-order valence-electron chi connectivity index (χ2n) is 7.00. The molecular formula is C21H28ClN5OS. The molecule has 0 saturated carbocycles. The molecule has 0 amide bonds. The first-order valence-electron chi connectivity index (χ1n) is 10.1. The Hall–Kier alpha value is -1.83. The van der Waals surface area contributed by atoms with Crippen LogP contribution in [0.15, 0.2) is 29.3 Å². The van der Waals surface area contributed by atoms with E-state index in [0.29, 0.717) is 23.5 Å². The number of thioether (sulfide) groups is 1. The van der Waals surface area contributed by atoms with E-state index in [4.69, 9.17) is 16.6 Å².